The molecule has 0 bridgehead atoms. The van der Waals surface area contributed by atoms with Crippen molar-refractivity contribution in [3.05, 3.63) is 47.7 Å². The fraction of sp³-hybridized carbons (Fsp3) is 0.600. The van der Waals surface area contributed by atoms with Crippen LogP contribution in [0.5, 0.6) is 0 Å². The minimum absolute atomic E-state index is 0.743. The minimum atomic E-state index is 0.743. The molecule has 0 fully saturated rings. The number of rotatable bonds is 12. The maximum absolute atomic E-state index is 5.37. The molecule has 0 saturated heterocycles. The summed E-state index contributed by atoms with van der Waals surface area (Å²) >= 11 is 0. The molecule has 0 heterocycles. The van der Waals surface area contributed by atoms with Crippen molar-refractivity contribution in [1.82, 2.24) is 0 Å². The highest BCUT2D eigenvalue weighted by Crippen LogP contribution is 2.14. The van der Waals surface area contributed by atoms with Crippen LogP contribution < -0.4 is 0 Å². The third-order valence-corrected chi connectivity index (χ3v) is 3.83. The summed E-state index contributed by atoms with van der Waals surface area (Å²) in [5.41, 5.74) is 3.00. The van der Waals surface area contributed by atoms with E-state index in [9.17, 15) is 0 Å². The molecule has 0 saturated carbocycles. The first kappa shape index (κ1) is 17.8. The average Bonchev–Trinajstić information content (AvgIpc) is 2.49. The topological polar surface area (TPSA) is 9.23 Å². The molecule has 1 rings (SSSR count). The first-order chi connectivity index (χ1) is 10.3. The summed E-state index contributed by atoms with van der Waals surface area (Å²) in [4.78, 5) is 0. The molecule has 0 aliphatic carbocycles. The fourth-order valence-electron chi connectivity index (χ4n) is 2.60. The average molecular weight is 288 g/mol. The van der Waals surface area contributed by atoms with Crippen LogP contribution in [0.2, 0.25) is 0 Å². The van der Waals surface area contributed by atoms with E-state index in [0.717, 1.165) is 18.8 Å². The zero-order valence-electron chi connectivity index (χ0n) is 14.0. The van der Waals surface area contributed by atoms with Crippen LogP contribution in [0.4, 0.5) is 0 Å². The molecule has 0 aliphatic heterocycles. The molecule has 1 nitrogen and oxygen atoms in total. The van der Waals surface area contributed by atoms with Gasteiger partial charge in [-0.2, -0.15) is 0 Å². The lowest BCUT2D eigenvalue weighted by atomic mass is 10.0. The molecule has 0 amide bonds. The number of benzene rings is 1. The molecule has 118 valence electrons. The van der Waals surface area contributed by atoms with E-state index in [-0.39, 0.29) is 0 Å². The molecule has 0 spiro atoms. The first-order valence-electron chi connectivity index (χ1n) is 8.64. The zero-order valence-corrected chi connectivity index (χ0v) is 14.0. The molecule has 1 aromatic carbocycles. The van der Waals surface area contributed by atoms with Gasteiger partial charge in [0.1, 0.15) is 0 Å². The summed E-state index contributed by atoms with van der Waals surface area (Å²) in [5, 5.41) is 0. The lowest BCUT2D eigenvalue weighted by Gasteiger charge is -2.07. The van der Waals surface area contributed by atoms with Crippen LogP contribution in [0.15, 0.2) is 36.6 Å². The number of aryl methyl sites for hydroxylation is 2. The number of unbranched alkanes of at least 4 members (excludes halogenated alkanes) is 4. The molecule has 0 aliphatic rings. The van der Waals surface area contributed by atoms with E-state index in [1.165, 1.54) is 62.5 Å². The van der Waals surface area contributed by atoms with Gasteiger partial charge in [0.05, 0.1) is 12.4 Å². The van der Waals surface area contributed by atoms with E-state index in [1.807, 2.05) is 6.92 Å². The fourth-order valence-corrected chi connectivity index (χ4v) is 2.60. The summed E-state index contributed by atoms with van der Waals surface area (Å²) in [5.74, 6) is 0.945. The predicted molar refractivity (Wildman–Crippen MR) is 92.6 cm³/mol. The van der Waals surface area contributed by atoms with Gasteiger partial charge < -0.3 is 4.74 Å². The third-order valence-electron chi connectivity index (χ3n) is 3.83. The quantitative estimate of drug-likeness (QED) is 0.335. The maximum atomic E-state index is 5.37. The van der Waals surface area contributed by atoms with Gasteiger partial charge in [-0.15, -0.1) is 0 Å². The van der Waals surface area contributed by atoms with Gasteiger partial charge in [0.15, 0.2) is 0 Å². The van der Waals surface area contributed by atoms with Crippen molar-refractivity contribution in [2.45, 2.75) is 71.6 Å². The van der Waals surface area contributed by atoms with Crippen LogP contribution in [0.1, 0.15) is 69.9 Å². The Balaban J connectivity index is 2.13. The molecule has 0 unspecified atom stereocenters. The van der Waals surface area contributed by atoms with Crippen LogP contribution in [0.25, 0.3) is 0 Å². The molecule has 0 radical (unpaired) electrons. The first-order valence-corrected chi connectivity index (χ1v) is 8.64. The highest BCUT2D eigenvalue weighted by Gasteiger charge is 1.98. The molecular weight excluding hydrogens is 256 g/mol. The van der Waals surface area contributed by atoms with Gasteiger partial charge in [-0.25, -0.2) is 0 Å². The Hall–Kier alpha value is -1.24. The van der Waals surface area contributed by atoms with Crippen LogP contribution in [-0.2, 0) is 17.6 Å². The second kappa shape index (κ2) is 11.4. The highest BCUT2D eigenvalue weighted by atomic mass is 16.5. The Morgan fingerprint density at radius 3 is 2.29 bits per heavy atom. The van der Waals surface area contributed by atoms with Gasteiger partial charge in [0, 0.05) is 6.42 Å². The van der Waals surface area contributed by atoms with Gasteiger partial charge >= 0.3 is 0 Å². The highest BCUT2D eigenvalue weighted by molar-refractivity contribution is 5.23. The van der Waals surface area contributed by atoms with E-state index in [1.54, 1.807) is 0 Å². The third kappa shape index (κ3) is 8.60. The lowest BCUT2D eigenvalue weighted by Crippen LogP contribution is -1.92. The molecule has 0 N–H and O–H groups in total. The van der Waals surface area contributed by atoms with Crippen LogP contribution in [0.3, 0.4) is 0 Å². The monoisotopic (exact) mass is 288 g/mol. The standard InChI is InChI=1S/C20H32O/c1-4-6-13-19-15-11-16-20(17-19)14-10-8-7-9-12-18(3)21-5-2/h11,15-17H,3-10,12-14H2,1-2H3. The Bertz CT molecular complexity index is 395. The van der Waals surface area contributed by atoms with Crippen molar-refractivity contribution in [2.75, 3.05) is 6.61 Å². The van der Waals surface area contributed by atoms with Crippen molar-refractivity contribution < 1.29 is 4.74 Å². The Morgan fingerprint density at radius 1 is 0.952 bits per heavy atom. The zero-order chi connectivity index (χ0) is 15.3. The van der Waals surface area contributed by atoms with Gasteiger partial charge in [0.2, 0.25) is 0 Å². The van der Waals surface area contributed by atoms with Crippen molar-refractivity contribution in [3.8, 4) is 0 Å². The number of hydrogen-bond donors (Lipinski definition) is 0. The normalized spacial score (nSPS) is 10.6. The van der Waals surface area contributed by atoms with E-state index >= 15 is 0 Å². The predicted octanol–water partition coefficient (Wildman–Crippen LogP) is 6.07. The van der Waals surface area contributed by atoms with Gasteiger partial charge in [-0.1, -0.05) is 57.0 Å². The lowest BCUT2D eigenvalue weighted by molar-refractivity contribution is 0.218. The van der Waals surface area contributed by atoms with Crippen molar-refractivity contribution in [3.63, 3.8) is 0 Å². The van der Waals surface area contributed by atoms with E-state index < -0.39 is 0 Å². The summed E-state index contributed by atoms with van der Waals surface area (Å²) in [7, 11) is 0. The summed E-state index contributed by atoms with van der Waals surface area (Å²) in [6, 6.07) is 9.14. The smallest absolute Gasteiger partial charge is 0.0888 e. The van der Waals surface area contributed by atoms with Crippen LogP contribution in [-0.4, -0.2) is 6.61 Å². The summed E-state index contributed by atoms with van der Waals surface area (Å²) in [6.45, 7) is 8.93. The second-order valence-electron chi connectivity index (χ2n) is 5.81. The second-order valence-corrected chi connectivity index (χ2v) is 5.81. The van der Waals surface area contributed by atoms with Crippen LogP contribution >= 0.6 is 0 Å². The van der Waals surface area contributed by atoms with Crippen molar-refractivity contribution in [2.24, 2.45) is 0 Å². The SMILES string of the molecule is C=C(CCCCCCc1cccc(CCCC)c1)OCC. The molecular formula is C20H32O. The van der Waals surface area contributed by atoms with Gasteiger partial charge in [-0.3, -0.25) is 0 Å². The van der Waals surface area contributed by atoms with Crippen LogP contribution in [0, 0.1) is 0 Å². The largest absolute Gasteiger partial charge is 0.499 e. The van der Waals surface area contributed by atoms with Crippen molar-refractivity contribution >= 4 is 0 Å². The Labute approximate surface area is 131 Å². The summed E-state index contributed by atoms with van der Waals surface area (Å²) in [6.07, 6.45) is 11.1. The van der Waals surface area contributed by atoms with Crippen molar-refractivity contribution in [1.29, 1.82) is 0 Å². The molecule has 1 aromatic rings. The Kier molecular flexibility index (Phi) is 9.69. The number of hydrogen-bond acceptors (Lipinski definition) is 1. The van der Waals surface area contributed by atoms with E-state index in [0.29, 0.717) is 0 Å². The molecule has 0 atom stereocenters. The van der Waals surface area contributed by atoms with Gasteiger partial charge in [0.25, 0.3) is 0 Å². The van der Waals surface area contributed by atoms with Gasteiger partial charge in [-0.05, 0) is 50.2 Å². The molecule has 1 heteroatoms. The number of ether oxygens (including phenoxy) is 1. The number of allylic oxidation sites excluding steroid dienone is 1. The molecule has 0 aromatic heterocycles. The van der Waals surface area contributed by atoms with E-state index in [2.05, 4.69) is 37.8 Å². The minimum Gasteiger partial charge on any atom is -0.499 e. The van der Waals surface area contributed by atoms with E-state index in [4.69, 9.17) is 4.74 Å². The Morgan fingerprint density at radius 2 is 1.62 bits per heavy atom. The summed E-state index contributed by atoms with van der Waals surface area (Å²) < 4.78 is 5.37. The maximum Gasteiger partial charge on any atom is 0.0888 e. The molecule has 21 heavy (non-hydrogen) atoms.